The van der Waals surface area contributed by atoms with E-state index in [4.69, 9.17) is 9.15 Å². The molecular formula is C22H21NO5. The van der Waals surface area contributed by atoms with Crippen LogP contribution in [0.1, 0.15) is 34.7 Å². The van der Waals surface area contributed by atoms with E-state index >= 15 is 0 Å². The second kappa shape index (κ2) is 7.38. The van der Waals surface area contributed by atoms with Crippen LogP contribution in [-0.2, 0) is 28.9 Å². The van der Waals surface area contributed by atoms with Crippen LogP contribution in [-0.4, -0.2) is 24.1 Å². The van der Waals surface area contributed by atoms with E-state index in [-0.39, 0.29) is 12.3 Å². The Morgan fingerprint density at radius 3 is 2.57 bits per heavy atom. The highest BCUT2D eigenvalue weighted by Gasteiger charge is 2.23. The van der Waals surface area contributed by atoms with Gasteiger partial charge in [0.2, 0.25) is 5.91 Å². The zero-order valence-electron chi connectivity index (χ0n) is 15.5. The van der Waals surface area contributed by atoms with Crippen LogP contribution in [0.2, 0.25) is 0 Å². The van der Waals surface area contributed by atoms with Crippen molar-refractivity contribution in [2.24, 2.45) is 0 Å². The van der Waals surface area contributed by atoms with E-state index in [0.29, 0.717) is 11.3 Å². The molecule has 0 aliphatic heterocycles. The first-order valence-corrected chi connectivity index (χ1v) is 9.23. The molecule has 0 bridgehead atoms. The molecule has 1 aliphatic rings. The third-order valence-electron chi connectivity index (χ3n) is 5.22. The molecule has 1 unspecified atom stereocenters. The van der Waals surface area contributed by atoms with Gasteiger partial charge in [0, 0.05) is 10.9 Å². The molecule has 2 N–H and O–H groups in total. The first-order chi connectivity index (χ1) is 13.5. The minimum absolute atomic E-state index is 0.0612. The van der Waals surface area contributed by atoms with Gasteiger partial charge in [-0.3, -0.25) is 4.79 Å². The number of methoxy groups -OCH3 is 1. The summed E-state index contributed by atoms with van der Waals surface area (Å²) in [5.41, 5.74) is 4.63. The first-order valence-electron chi connectivity index (χ1n) is 9.23. The highest BCUT2D eigenvalue weighted by atomic mass is 16.5. The van der Waals surface area contributed by atoms with Crippen LogP contribution in [0.5, 0.6) is 5.75 Å². The lowest BCUT2D eigenvalue weighted by Gasteiger charge is -2.15. The Hall–Kier alpha value is -3.28. The first kappa shape index (κ1) is 18.1. The van der Waals surface area contributed by atoms with Gasteiger partial charge in [0.1, 0.15) is 11.3 Å². The van der Waals surface area contributed by atoms with Gasteiger partial charge in [-0.2, -0.15) is 0 Å². The number of amides is 1. The largest absolute Gasteiger partial charge is 0.497 e. The molecule has 4 rings (SSSR count). The van der Waals surface area contributed by atoms with Crippen LogP contribution in [0.25, 0.3) is 11.0 Å². The van der Waals surface area contributed by atoms with Gasteiger partial charge in [0.15, 0.2) is 6.04 Å². The topological polar surface area (TPSA) is 88.8 Å². The summed E-state index contributed by atoms with van der Waals surface area (Å²) in [7, 11) is 1.54. The van der Waals surface area contributed by atoms with Gasteiger partial charge in [0.25, 0.3) is 0 Å². The van der Waals surface area contributed by atoms with Crippen molar-refractivity contribution < 1.29 is 23.8 Å². The van der Waals surface area contributed by atoms with Crippen molar-refractivity contribution in [3.63, 3.8) is 0 Å². The van der Waals surface area contributed by atoms with Crippen molar-refractivity contribution in [3.05, 3.63) is 64.9 Å². The summed E-state index contributed by atoms with van der Waals surface area (Å²) in [4.78, 5) is 24.2. The Balaban J connectivity index is 1.52. The number of rotatable bonds is 6. The molecule has 1 heterocycles. The maximum atomic E-state index is 12.6. The molecule has 0 spiro atoms. The number of nitrogens with one attached hydrogen (secondary N) is 1. The van der Waals surface area contributed by atoms with Gasteiger partial charge < -0.3 is 19.6 Å². The van der Waals surface area contributed by atoms with Gasteiger partial charge in [-0.1, -0.05) is 12.1 Å². The molecule has 0 radical (unpaired) electrons. The fourth-order valence-electron chi connectivity index (χ4n) is 3.75. The number of carboxylic acids is 1. The number of benzene rings is 2. The normalized spacial score (nSPS) is 13.9. The zero-order chi connectivity index (χ0) is 19.7. The minimum Gasteiger partial charge on any atom is -0.497 e. The summed E-state index contributed by atoms with van der Waals surface area (Å²) in [6.45, 7) is 0. The van der Waals surface area contributed by atoms with Crippen LogP contribution in [0.4, 0.5) is 0 Å². The van der Waals surface area contributed by atoms with Crippen molar-refractivity contribution in [2.45, 2.75) is 31.7 Å². The molecule has 28 heavy (non-hydrogen) atoms. The second-order valence-corrected chi connectivity index (χ2v) is 7.02. The standard InChI is InChI=1S/C22H21NO5/c1-27-17-7-5-13(6-8-17)21(22(25)26)23-20(24)11-16-12-28-19-10-15-4-2-3-14(15)9-18(16)19/h5-10,12,21H,2-4,11H2,1H3,(H,23,24)(H,25,26). The molecule has 144 valence electrons. The molecule has 0 saturated carbocycles. The van der Waals surface area contributed by atoms with Crippen LogP contribution in [0.15, 0.2) is 47.1 Å². The molecule has 3 aromatic rings. The average Bonchev–Trinajstić information content (AvgIpc) is 3.31. The summed E-state index contributed by atoms with van der Waals surface area (Å²) in [5.74, 6) is -0.864. The third-order valence-corrected chi connectivity index (χ3v) is 5.22. The number of carboxylic acid groups (broad SMARTS) is 1. The van der Waals surface area contributed by atoms with E-state index in [1.165, 1.54) is 18.2 Å². The van der Waals surface area contributed by atoms with Crippen molar-refractivity contribution in [1.82, 2.24) is 5.32 Å². The highest BCUT2D eigenvalue weighted by molar-refractivity contribution is 5.90. The molecule has 0 fully saturated rings. The van der Waals surface area contributed by atoms with Gasteiger partial charge in [-0.05, 0) is 60.2 Å². The monoisotopic (exact) mass is 379 g/mol. The van der Waals surface area contributed by atoms with Crippen LogP contribution < -0.4 is 10.1 Å². The predicted octanol–water partition coefficient (Wildman–Crippen LogP) is 3.41. The Kier molecular flexibility index (Phi) is 4.77. The number of furan rings is 1. The lowest BCUT2D eigenvalue weighted by Crippen LogP contribution is -2.34. The van der Waals surface area contributed by atoms with Crippen LogP contribution in [0.3, 0.4) is 0 Å². The zero-order valence-corrected chi connectivity index (χ0v) is 15.5. The summed E-state index contributed by atoms with van der Waals surface area (Å²) < 4.78 is 10.7. The fourth-order valence-corrected chi connectivity index (χ4v) is 3.75. The second-order valence-electron chi connectivity index (χ2n) is 7.02. The molecule has 1 aromatic heterocycles. The molecule has 0 saturated heterocycles. The van der Waals surface area contributed by atoms with Crippen molar-refractivity contribution >= 4 is 22.8 Å². The highest BCUT2D eigenvalue weighted by Crippen LogP contribution is 2.30. The van der Waals surface area contributed by atoms with Crippen molar-refractivity contribution in [2.75, 3.05) is 7.11 Å². The third kappa shape index (κ3) is 3.45. The molecule has 1 aliphatic carbocycles. The number of aliphatic carboxylic acids is 1. The maximum absolute atomic E-state index is 12.6. The molecule has 1 amide bonds. The molecular weight excluding hydrogens is 358 g/mol. The van der Waals surface area contributed by atoms with E-state index in [1.807, 2.05) is 0 Å². The molecule has 6 heteroatoms. The molecule has 1 atom stereocenters. The average molecular weight is 379 g/mol. The lowest BCUT2D eigenvalue weighted by atomic mass is 10.0. The molecule has 6 nitrogen and oxygen atoms in total. The number of ether oxygens (including phenoxy) is 1. The Bertz CT molecular complexity index is 1040. The number of carbonyl (C=O) groups excluding carboxylic acids is 1. The van der Waals surface area contributed by atoms with Crippen LogP contribution >= 0.6 is 0 Å². The number of hydrogen-bond donors (Lipinski definition) is 2. The smallest absolute Gasteiger partial charge is 0.330 e. The quantitative estimate of drug-likeness (QED) is 0.685. The summed E-state index contributed by atoms with van der Waals surface area (Å²) in [5, 5.41) is 13.1. The number of carbonyl (C=O) groups is 2. The number of aryl methyl sites for hydroxylation is 2. The van der Waals surface area contributed by atoms with E-state index < -0.39 is 12.0 Å². The van der Waals surface area contributed by atoms with Crippen LogP contribution in [0, 0.1) is 0 Å². The number of fused-ring (bicyclic) bond motifs is 2. The van der Waals surface area contributed by atoms with Crippen molar-refractivity contribution in [1.29, 1.82) is 0 Å². The van der Waals surface area contributed by atoms with Gasteiger partial charge in [-0.15, -0.1) is 0 Å². The predicted molar refractivity (Wildman–Crippen MR) is 103 cm³/mol. The summed E-state index contributed by atoms with van der Waals surface area (Å²) >= 11 is 0. The van der Waals surface area contributed by atoms with E-state index in [2.05, 4.69) is 17.4 Å². The summed E-state index contributed by atoms with van der Waals surface area (Å²) in [6, 6.07) is 9.63. The van der Waals surface area contributed by atoms with Gasteiger partial charge in [-0.25, -0.2) is 4.79 Å². The minimum atomic E-state index is -1.12. The Morgan fingerprint density at radius 1 is 1.18 bits per heavy atom. The number of hydrogen-bond acceptors (Lipinski definition) is 4. The fraction of sp³-hybridized carbons (Fsp3) is 0.273. The van der Waals surface area contributed by atoms with E-state index in [9.17, 15) is 14.7 Å². The Labute approximate surface area is 162 Å². The maximum Gasteiger partial charge on any atom is 0.330 e. The van der Waals surface area contributed by atoms with E-state index in [0.717, 1.165) is 35.8 Å². The molecule has 2 aromatic carbocycles. The summed E-state index contributed by atoms with van der Waals surface area (Å²) in [6.07, 6.45) is 4.89. The van der Waals surface area contributed by atoms with Crippen molar-refractivity contribution in [3.8, 4) is 5.75 Å². The Morgan fingerprint density at radius 2 is 1.89 bits per heavy atom. The van der Waals surface area contributed by atoms with Gasteiger partial charge >= 0.3 is 5.97 Å². The van der Waals surface area contributed by atoms with E-state index in [1.54, 1.807) is 30.5 Å². The van der Waals surface area contributed by atoms with Gasteiger partial charge in [0.05, 0.1) is 19.8 Å². The SMILES string of the molecule is COc1ccc(C(NC(=O)Cc2coc3cc4c(cc23)CCC4)C(=O)O)cc1. The lowest BCUT2D eigenvalue weighted by molar-refractivity contribution is -0.141.